The van der Waals surface area contributed by atoms with Gasteiger partial charge >= 0.3 is 5.97 Å². The van der Waals surface area contributed by atoms with Crippen LogP contribution in [0.15, 0.2) is 24.7 Å². The molecule has 2 rings (SSSR count). The van der Waals surface area contributed by atoms with Gasteiger partial charge in [-0.25, -0.2) is 9.78 Å². The van der Waals surface area contributed by atoms with Gasteiger partial charge in [-0.05, 0) is 6.07 Å². The maximum Gasteiger partial charge on any atom is 0.354 e. The largest absolute Gasteiger partial charge is 0.464 e. The summed E-state index contributed by atoms with van der Waals surface area (Å²) in [6, 6.07) is 3.79. The summed E-state index contributed by atoms with van der Waals surface area (Å²) in [5.74, 6) is -0.342. The van der Waals surface area contributed by atoms with Gasteiger partial charge < -0.3 is 4.74 Å². The van der Waals surface area contributed by atoms with Gasteiger partial charge in [0.25, 0.3) is 0 Å². The quantitative estimate of drug-likeness (QED) is 0.442. The second-order valence-electron chi connectivity index (χ2n) is 3.05. The molecule has 0 bridgehead atoms. The number of carbonyl (C=O) groups is 1. The Morgan fingerprint density at radius 3 is 3.07 bits per heavy atom. The molecule has 0 aliphatic carbocycles. The van der Waals surface area contributed by atoms with Gasteiger partial charge in [-0.3, -0.25) is 4.40 Å². The first-order valence-electron chi connectivity index (χ1n) is 4.24. The molecule has 0 amide bonds. The van der Waals surface area contributed by atoms with Gasteiger partial charge in [-0.2, -0.15) is 0 Å². The van der Waals surface area contributed by atoms with E-state index in [0.29, 0.717) is 5.69 Å². The summed E-state index contributed by atoms with van der Waals surface area (Å²) in [6.07, 6.45) is 3.31. The summed E-state index contributed by atoms with van der Waals surface area (Å²) in [6.45, 7) is 0. The molecule has 2 heterocycles. The summed E-state index contributed by atoms with van der Waals surface area (Å²) < 4.78 is 6.43. The molecule has 0 aromatic carbocycles. The predicted molar refractivity (Wildman–Crippen MR) is 54.7 cm³/mol. The predicted octanol–water partition coefficient (Wildman–Crippen LogP) is -0.621. The molecular weight excluding hydrogens is 179 g/mol. The topological polar surface area (TPSA) is 43.6 Å². The Balaban J connectivity index is 2.76. The molecule has 0 saturated carbocycles. The number of ether oxygens (including phenoxy) is 1. The highest BCUT2D eigenvalue weighted by Gasteiger charge is 2.12. The van der Waals surface area contributed by atoms with Crippen LogP contribution in [0.2, 0.25) is 0 Å². The summed E-state index contributed by atoms with van der Waals surface area (Å²) in [5.41, 5.74) is 2.29. The van der Waals surface area contributed by atoms with Crippen molar-refractivity contribution >= 4 is 24.8 Å². The fraction of sp³-hybridized carbons (Fsp3) is 0.111. The van der Waals surface area contributed by atoms with Crippen molar-refractivity contribution in [1.29, 1.82) is 0 Å². The van der Waals surface area contributed by atoms with Crippen LogP contribution in [0.3, 0.4) is 0 Å². The van der Waals surface area contributed by atoms with Crippen LogP contribution in [-0.4, -0.2) is 30.3 Å². The van der Waals surface area contributed by atoms with E-state index in [-0.39, 0.29) is 5.97 Å². The van der Waals surface area contributed by atoms with Crippen molar-refractivity contribution in [2.24, 2.45) is 0 Å². The average Bonchev–Trinajstić information content (AvgIpc) is 2.64. The highest BCUT2D eigenvalue weighted by molar-refractivity contribution is 6.35. The number of nitrogens with zero attached hydrogens (tertiary/aromatic N) is 2. The van der Waals surface area contributed by atoms with Crippen LogP contribution in [0.25, 0.3) is 5.52 Å². The maximum atomic E-state index is 11.5. The van der Waals surface area contributed by atoms with Gasteiger partial charge in [0.2, 0.25) is 0 Å². The molecule has 0 saturated heterocycles. The lowest BCUT2D eigenvalue weighted by Crippen LogP contribution is -2.21. The molecule has 2 aromatic rings. The first-order valence-corrected chi connectivity index (χ1v) is 4.24. The Morgan fingerprint density at radius 1 is 1.57 bits per heavy atom. The molecule has 0 aliphatic heterocycles. The van der Waals surface area contributed by atoms with Crippen LogP contribution < -0.4 is 5.46 Å². The summed E-state index contributed by atoms with van der Waals surface area (Å²) in [7, 11) is 3.24. The number of imidazole rings is 1. The molecule has 5 heteroatoms. The van der Waals surface area contributed by atoms with Crippen molar-refractivity contribution in [3.63, 3.8) is 0 Å². The molecule has 0 unspecified atom stereocenters. The van der Waals surface area contributed by atoms with Gasteiger partial charge in [0.15, 0.2) is 0 Å². The minimum Gasteiger partial charge on any atom is -0.464 e. The maximum absolute atomic E-state index is 11.5. The van der Waals surface area contributed by atoms with E-state index in [1.165, 1.54) is 7.11 Å². The molecule has 70 valence electrons. The van der Waals surface area contributed by atoms with Crippen molar-refractivity contribution in [2.45, 2.75) is 0 Å². The number of rotatable bonds is 1. The number of hydrogen-bond donors (Lipinski definition) is 0. The molecular formula is C9H9BN2O2. The number of aromatic nitrogens is 2. The van der Waals surface area contributed by atoms with Gasteiger partial charge in [-0.15, -0.1) is 0 Å². The van der Waals surface area contributed by atoms with Gasteiger partial charge in [0.05, 0.1) is 25.2 Å². The fourth-order valence-electron chi connectivity index (χ4n) is 1.45. The lowest BCUT2D eigenvalue weighted by Gasteiger charge is -2.06. The summed E-state index contributed by atoms with van der Waals surface area (Å²) in [4.78, 5) is 15.5. The Hall–Kier alpha value is -1.78. The van der Waals surface area contributed by atoms with Crippen LogP contribution in [-0.2, 0) is 4.74 Å². The molecule has 0 aliphatic rings. The SMILES string of the molecule is Bc1ccc2cncn2c1C(=O)OC. The van der Waals surface area contributed by atoms with Gasteiger partial charge in [0, 0.05) is 0 Å². The Bertz CT molecular complexity index is 493. The molecule has 14 heavy (non-hydrogen) atoms. The van der Waals surface area contributed by atoms with Crippen molar-refractivity contribution < 1.29 is 9.53 Å². The third kappa shape index (κ3) is 1.17. The van der Waals surface area contributed by atoms with E-state index in [4.69, 9.17) is 4.74 Å². The molecule has 0 radical (unpaired) electrons. The minimum atomic E-state index is -0.342. The first-order chi connectivity index (χ1) is 6.74. The normalized spacial score (nSPS) is 10.4. The van der Waals surface area contributed by atoms with Crippen molar-refractivity contribution in [1.82, 2.24) is 9.38 Å². The zero-order valence-corrected chi connectivity index (χ0v) is 8.02. The van der Waals surface area contributed by atoms with Crippen LogP contribution >= 0.6 is 0 Å². The molecule has 0 N–H and O–H groups in total. The van der Waals surface area contributed by atoms with E-state index in [1.807, 2.05) is 20.0 Å². The lowest BCUT2D eigenvalue weighted by atomic mass is 9.94. The zero-order valence-electron chi connectivity index (χ0n) is 8.02. The summed E-state index contributed by atoms with van der Waals surface area (Å²) in [5, 5.41) is 0. The van der Waals surface area contributed by atoms with E-state index >= 15 is 0 Å². The number of fused-ring (bicyclic) bond motifs is 1. The molecule has 0 atom stereocenters. The Labute approximate surface area is 81.9 Å². The van der Waals surface area contributed by atoms with E-state index in [9.17, 15) is 4.79 Å². The highest BCUT2D eigenvalue weighted by Crippen LogP contribution is 2.05. The van der Waals surface area contributed by atoms with E-state index < -0.39 is 0 Å². The van der Waals surface area contributed by atoms with E-state index in [1.54, 1.807) is 16.9 Å². The number of hydrogen-bond acceptors (Lipinski definition) is 3. The van der Waals surface area contributed by atoms with E-state index in [2.05, 4.69) is 4.98 Å². The lowest BCUT2D eigenvalue weighted by molar-refractivity contribution is 0.0594. The number of esters is 1. The fourth-order valence-corrected chi connectivity index (χ4v) is 1.45. The number of pyridine rings is 1. The molecule has 0 fully saturated rings. The average molecular weight is 188 g/mol. The smallest absolute Gasteiger partial charge is 0.354 e. The van der Waals surface area contributed by atoms with Crippen molar-refractivity contribution in [2.75, 3.05) is 7.11 Å². The standard InChI is InChI=1S/C9H9BN2O2/c1-14-9(13)8-7(10)3-2-6-4-11-5-12(6)8/h2-5H,10H2,1H3. The third-order valence-electron chi connectivity index (χ3n) is 2.16. The second kappa shape index (κ2) is 3.18. The second-order valence-corrected chi connectivity index (χ2v) is 3.05. The molecule has 0 spiro atoms. The van der Waals surface area contributed by atoms with Crippen molar-refractivity contribution in [3.8, 4) is 0 Å². The summed E-state index contributed by atoms with van der Waals surface area (Å²) >= 11 is 0. The molecule has 2 aromatic heterocycles. The van der Waals surface area contributed by atoms with Crippen LogP contribution in [0.4, 0.5) is 0 Å². The van der Waals surface area contributed by atoms with E-state index in [0.717, 1.165) is 11.0 Å². The van der Waals surface area contributed by atoms with Crippen LogP contribution in [0.1, 0.15) is 10.5 Å². The minimum absolute atomic E-state index is 0.342. The zero-order chi connectivity index (χ0) is 10.1. The number of carbonyl (C=O) groups excluding carboxylic acids is 1. The van der Waals surface area contributed by atoms with Gasteiger partial charge in [0.1, 0.15) is 13.5 Å². The number of methoxy groups -OCH3 is 1. The Morgan fingerprint density at radius 2 is 2.36 bits per heavy atom. The third-order valence-corrected chi connectivity index (χ3v) is 2.16. The monoisotopic (exact) mass is 188 g/mol. The van der Waals surface area contributed by atoms with Gasteiger partial charge in [-0.1, -0.05) is 11.5 Å². The first kappa shape index (κ1) is 8.81. The van der Waals surface area contributed by atoms with Crippen LogP contribution in [0.5, 0.6) is 0 Å². The van der Waals surface area contributed by atoms with Crippen LogP contribution in [0, 0.1) is 0 Å². The van der Waals surface area contributed by atoms with Crippen molar-refractivity contribution in [3.05, 3.63) is 30.4 Å². The Kier molecular flexibility index (Phi) is 2.00. The highest BCUT2D eigenvalue weighted by atomic mass is 16.5. The molecule has 4 nitrogen and oxygen atoms in total.